The van der Waals surface area contributed by atoms with Gasteiger partial charge >= 0.3 is 0 Å². The van der Waals surface area contributed by atoms with Gasteiger partial charge in [0.05, 0.1) is 0 Å². The van der Waals surface area contributed by atoms with E-state index in [0.717, 1.165) is 12.5 Å². The molecule has 4 heteroatoms. The van der Waals surface area contributed by atoms with Crippen LogP contribution >= 0.6 is 27.3 Å². The standard InChI is InChI=1S/C16H27BrN2S/c1-4-8-19-9-6-5-7-13(11-18-3)16(19)15-10-14(17)12(2)20-15/h10,13,16,18H,4-9,11H2,1-3H3. The zero-order chi connectivity index (χ0) is 14.5. The molecule has 1 saturated heterocycles. The summed E-state index contributed by atoms with van der Waals surface area (Å²) in [6.07, 6.45) is 5.31. The molecule has 1 aliphatic heterocycles. The first-order valence-electron chi connectivity index (χ1n) is 7.81. The molecule has 2 heterocycles. The summed E-state index contributed by atoms with van der Waals surface area (Å²) >= 11 is 5.67. The molecule has 2 unspecified atom stereocenters. The van der Waals surface area contributed by atoms with Crippen LogP contribution in [0.25, 0.3) is 0 Å². The smallest absolute Gasteiger partial charge is 0.0482 e. The maximum atomic E-state index is 3.70. The maximum Gasteiger partial charge on any atom is 0.0482 e. The van der Waals surface area contributed by atoms with Crippen LogP contribution in [0, 0.1) is 12.8 Å². The second-order valence-corrected chi connectivity index (χ2v) is 7.99. The molecular weight excluding hydrogens is 332 g/mol. The average Bonchev–Trinajstić information content (AvgIpc) is 2.62. The second kappa shape index (κ2) is 7.92. The third kappa shape index (κ3) is 3.85. The topological polar surface area (TPSA) is 15.3 Å². The van der Waals surface area contributed by atoms with Gasteiger partial charge in [0.2, 0.25) is 0 Å². The molecule has 0 aromatic carbocycles. The van der Waals surface area contributed by atoms with Gasteiger partial charge in [-0.15, -0.1) is 11.3 Å². The van der Waals surface area contributed by atoms with Gasteiger partial charge in [-0.1, -0.05) is 13.3 Å². The van der Waals surface area contributed by atoms with Crippen molar-refractivity contribution in [2.75, 3.05) is 26.7 Å². The van der Waals surface area contributed by atoms with E-state index >= 15 is 0 Å². The first-order valence-corrected chi connectivity index (χ1v) is 9.42. The van der Waals surface area contributed by atoms with E-state index in [1.54, 1.807) is 4.88 Å². The van der Waals surface area contributed by atoms with Crippen LogP contribution in [0.3, 0.4) is 0 Å². The Bertz CT molecular complexity index is 383. The molecule has 114 valence electrons. The predicted octanol–water partition coefficient (Wildman–Crippen LogP) is 4.59. The Balaban J connectivity index is 2.30. The van der Waals surface area contributed by atoms with Crippen LogP contribution in [0.5, 0.6) is 0 Å². The van der Waals surface area contributed by atoms with Crippen LogP contribution in [-0.2, 0) is 0 Å². The summed E-state index contributed by atoms with van der Waals surface area (Å²) < 4.78 is 1.28. The quantitative estimate of drug-likeness (QED) is 0.827. The maximum absolute atomic E-state index is 3.70. The number of rotatable bonds is 5. The molecule has 1 aromatic heterocycles. The molecule has 1 aromatic rings. The summed E-state index contributed by atoms with van der Waals surface area (Å²) in [7, 11) is 2.09. The lowest BCUT2D eigenvalue weighted by Gasteiger charge is -2.34. The fourth-order valence-corrected chi connectivity index (χ4v) is 5.16. The fraction of sp³-hybridized carbons (Fsp3) is 0.750. The van der Waals surface area contributed by atoms with Crippen molar-refractivity contribution in [2.24, 2.45) is 5.92 Å². The number of halogens is 1. The third-order valence-corrected chi connectivity index (χ3v) is 6.46. The molecule has 20 heavy (non-hydrogen) atoms. The molecule has 1 aliphatic rings. The Morgan fingerprint density at radius 3 is 2.85 bits per heavy atom. The van der Waals surface area contributed by atoms with Crippen molar-refractivity contribution in [3.63, 3.8) is 0 Å². The van der Waals surface area contributed by atoms with Gasteiger partial charge in [0, 0.05) is 20.3 Å². The highest BCUT2D eigenvalue weighted by Crippen LogP contribution is 2.40. The number of thiophene rings is 1. The van der Waals surface area contributed by atoms with Crippen LogP contribution in [0.2, 0.25) is 0 Å². The second-order valence-electron chi connectivity index (χ2n) is 5.85. The summed E-state index contributed by atoms with van der Waals surface area (Å²) in [4.78, 5) is 5.68. The molecule has 0 aliphatic carbocycles. The summed E-state index contributed by atoms with van der Waals surface area (Å²) in [5.74, 6) is 0.735. The third-order valence-electron chi connectivity index (χ3n) is 4.26. The van der Waals surface area contributed by atoms with Gasteiger partial charge in [-0.05, 0) is 80.8 Å². The fourth-order valence-electron chi connectivity index (χ4n) is 3.37. The number of aryl methyl sites for hydroxylation is 1. The molecule has 1 N–H and O–H groups in total. The molecule has 1 fully saturated rings. The van der Waals surface area contributed by atoms with E-state index in [1.165, 1.54) is 48.1 Å². The lowest BCUT2D eigenvalue weighted by Crippen LogP contribution is -2.36. The highest BCUT2D eigenvalue weighted by atomic mass is 79.9. The van der Waals surface area contributed by atoms with Gasteiger partial charge in [-0.3, -0.25) is 4.90 Å². The molecule has 0 saturated carbocycles. The first-order chi connectivity index (χ1) is 9.67. The van der Waals surface area contributed by atoms with Gasteiger partial charge < -0.3 is 5.32 Å². The summed E-state index contributed by atoms with van der Waals surface area (Å²) in [6.45, 7) is 8.11. The lowest BCUT2D eigenvalue weighted by molar-refractivity contribution is 0.157. The van der Waals surface area contributed by atoms with E-state index in [2.05, 4.69) is 53.1 Å². The first kappa shape index (κ1) is 16.5. The SMILES string of the molecule is CCCN1CCCCC(CNC)C1c1cc(Br)c(C)s1. The van der Waals surface area contributed by atoms with Crippen LogP contribution in [0.4, 0.5) is 0 Å². The molecule has 0 bridgehead atoms. The van der Waals surface area contributed by atoms with Gasteiger partial charge in [0.15, 0.2) is 0 Å². The highest BCUT2D eigenvalue weighted by Gasteiger charge is 2.31. The van der Waals surface area contributed by atoms with E-state index in [0.29, 0.717) is 6.04 Å². The molecular formula is C16H27BrN2S. The predicted molar refractivity (Wildman–Crippen MR) is 92.6 cm³/mol. The van der Waals surface area contributed by atoms with E-state index in [1.807, 2.05) is 11.3 Å². The van der Waals surface area contributed by atoms with E-state index in [9.17, 15) is 0 Å². The minimum absolute atomic E-state index is 0.597. The van der Waals surface area contributed by atoms with Gasteiger partial charge in [0.1, 0.15) is 0 Å². The van der Waals surface area contributed by atoms with Crippen LogP contribution in [0.15, 0.2) is 10.5 Å². The Labute approximate surface area is 136 Å². The minimum Gasteiger partial charge on any atom is -0.319 e. The van der Waals surface area contributed by atoms with Crippen LogP contribution in [-0.4, -0.2) is 31.6 Å². The van der Waals surface area contributed by atoms with Crippen molar-refractivity contribution < 1.29 is 0 Å². The van der Waals surface area contributed by atoms with Crippen LogP contribution < -0.4 is 5.32 Å². The molecule has 0 spiro atoms. The summed E-state index contributed by atoms with van der Waals surface area (Å²) in [5, 5.41) is 3.42. The Hall–Kier alpha value is 0.1000. The van der Waals surface area contributed by atoms with Gasteiger partial charge in [0.25, 0.3) is 0 Å². The number of hydrogen-bond donors (Lipinski definition) is 1. The highest BCUT2D eigenvalue weighted by molar-refractivity contribution is 9.10. The lowest BCUT2D eigenvalue weighted by atomic mass is 9.93. The molecule has 2 atom stereocenters. The van der Waals surface area contributed by atoms with Gasteiger partial charge in [-0.2, -0.15) is 0 Å². The zero-order valence-electron chi connectivity index (χ0n) is 12.9. The van der Waals surface area contributed by atoms with Crippen molar-refractivity contribution in [2.45, 2.75) is 45.6 Å². The van der Waals surface area contributed by atoms with Crippen molar-refractivity contribution in [1.82, 2.24) is 10.2 Å². The molecule has 0 radical (unpaired) electrons. The molecule has 2 nitrogen and oxygen atoms in total. The molecule has 0 amide bonds. The largest absolute Gasteiger partial charge is 0.319 e. The Morgan fingerprint density at radius 1 is 1.45 bits per heavy atom. The van der Waals surface area contributed by atoms with Gasteiger partial charge in [-0.25, -0.2) is 0 Å². The number of likely N-dealkylation sites (tertiary alicyclic amines) is 1. The Morgan fingerprint density at radius 2 is 2.25 bits per heavy atom. The number of hydrogen-bond acceptors (Lipinski definition) is 3. The van der Waals surface area contributed by atoms with Crippen molar-refractivity contribution in [3.05, 3.63) is 20.3 Å². The Kier molecular flexibility index (Phi) is 6.53. The molecule has 2 rings (SSSR count). The summed E-state index contributed by atoms with van der Waals surface area (Å²) in [5.41, 5.74) is 0. The van der Waals surface area contributed by atoms with E-state index in [4.69, 9.17) is 0 Å². The van der Waals surface area contributed by atoms with E-state index < -0.39 is 0 Å². The average molecular weight is 359 g/mol. The number of nitrogens with zero attached hydrogens (tertiary/aromatic N) is 1. The summed E-state index contributed by atoms with van der Waals surface area (Å²) in [6, 6.07) is 2.96. The number of nitrogens with one attached hydrogen (secondary N) is 1. The zero-order valence-corrected chi connectivity index (χ0v) is 15.3. The van der Waals surface area contributed by atoms with E-state index in [-0.39, 0.29) is 0 Å². The van der Waals surface area contributed by atoms with Crippen LogP contribution in [0.1, 0.15) is 48.4 Å². The monoisotopic (exact) mass is 358 g/mol. The minimum atomic E-state index is 0.597. The normalized spacial score (nSPS) is 24.8. The van der Waals surface area contributed by atoms with Crippen molar-refractivity contribution >= 4 is 27.3 Å². The van der Waals surface area contributed by atoms with Crippen molar-refractivity contribution in [1.29, 1.82) is 0 Å². The van der Waals surface area contributed by atoms with Crippen molar-refractivity contribution in [3.8, 4) is 0 Å².